The molecule has 1 aliphatic rings. The maximum absolute atomic E-state index is 13.3. The van der Waals surface area contributed by atoms with Crippen LogP contribution in [0.1, 0.15) is 36.0 Å². The molecule has 51 heavy (non-hydrogen) atoms. The van der Waals surface area contributed by atoms with Gasteiger partial charge in [0.25, 0.3) is 17.7 Å². The molecule has 0 radical (unpaired) electrons. The normalized spacial score (nSPS) is 13.1. The number of likely N-dealkylation sites (N-methyl/N-ethyl adjacent to an activating group) is 1. The third-order valence-corrected chi connectivity index (χ3v) is 10.6. The zero-order valence-corrected chi connectivity index (χ0v) is 29.6. The molecule has 3 N–H and O–H groups in total. The Labute approximate surface area is 303 Å². The van der Waals surface area contributed by atoms with E-state index in [-0.39, 0.29) is 17.7 Å². The SMILES string of the molecule is Cc1ccc(NC(=O)c2cncc(NC(=O)c3ccc(-c4cccs4)s3)c2)cc1Nc1nccc(-c2ccc(C(=O)N3CCN(C)CC3)cc2)n1. The molecule has 0 bridgehead atoms. The van der Waals surface area contributed by atoms with E-state index in [9.17, 15) is 14.4 Å². The molecule has 2 aromatic carbocycles. The molecule has 7 rings (SSSR count). The zero-order valence-electron chi connectivity index (χ0n) is 27.9. The van der Waals surface area contributed by atoms with Crippen LogP contribution in [0.15, 0.2) is 103 Å². The van der Waals surface area contributed by atoms with E-state index in [4.69, 9.17) is 4.98 Å². The Morgan fingerprint density at radius 2 is 1.59 bits per heavy atom. The molecule has 4 aromatic heterocycles. The van der Waals surface area contributed by atoms with E-state index in [1.165, 1.54) is 23.7 Å². The van der Waals surface area contributed by atoms with Gasteiger partial charge >= 0.3 is 0 Å². The van der Waals surface area contributed by atoms with Gasteiger partial charge in [-0.15, -0.1) is 22.7 Å². The fourth-order valence-electron chi connectivity index (χ4n) is 5.55. The number of aromatic nitrogens is 3. The molecule has 0 aliphatic carbocycles. The standard InChI is InChI=1S/C38H34N8O3S2/c1-24-5-10-28(41-35(47)27-20-29(23-39-22-27)42-36(48)34-12-11-33(51-34)32-4-3-19-50-32)21-31(24)44-38-40-14-13-30(43-38)25-6-8-26(9-7-25)37(49)46-17-15-45(2)16-18-46/h3-14,19-23H,15-18H2,1-2H3,(H,41,47)(H,42,48)(H,40,43,44). The van der Waals surface area contributed by atoms with E-state index >= 15 is 0 Å². The molecule has 256 valence electrons. The lowest BCUT2D eigenvalue weighted by Crippen LogP contribution is -2.47. The summed E-state index contributed by atoms with van der Waals surface area (Å²) in [6, 6.07) is 24.1. The molecule has 0 saturated carbocycles. The molecule has 1 aliphatic heterocycles. The smallest absolute Gasteiger partial charge is 0.265 e. The lowest BCUT2D eigenvalue weighted by Gasteiger charge is -2.32. The van der Waals surface area contributed by atoms with Crippen molar-refractivity contribution in [3.63, 3.8) is 0 Å². The monoisotopic (exact) mass is 714 g/mol. The summed E-state index contributed by atoms with van der Waals surface area (Å²) in [5.41, 5.74) is 5.12. The van der Waals surface area contributed by atoms with Gasteiger partial charge in [0, 0.05) is 70.8 Å². The van der Waals surface area contributed by atoms with Gasteiger partial charge in [0.05, 0.1) is 28.0 Å². The second-order valence-corrected chi connectivity index (χ2v) is 14.1. The number of carbonyl (C=O) groups excluding carboxylic acids is 3. The average Bonchev–Trinajstić information content (AvgIpc) is 3.87. The van der Waals surface area contributed by atoms with E-state index in [1.807, 2.05) is 83.9 Å². The van der Waals surface area contributed by atoms with Crippen molar-refractivity contribution in [1.29, 1.82) is 0 Å². The Morgan fingerprint density at radius 3 is 2.37 bits per heavy atom. The second-order valence-electron chi connectivity index (χ2n) is 12.1. The number of nitrogens with zero attached hydrogens (tertiary/aromatic N) is 5. The number of rotatable bonds is 9. The summed E-state index contributed by atoms with van der Waals surface area (Å²) in [5.74, 6) is -0.221. The lowest BCUT2D eigenvalue weighted by atomic mass is 10.1. The van der Waals surface area contributed by atoms with Crippen LogP contribution in [0.4, 0.5) is 23.0 Å². The van der Waals surface area contributed by atoms with Crippen molar-refractivity contribution >= 4 is 63.4 Å². The van der Waals surface area contributed by atoms with Crippen molar-refractivity contribution in [3.8, 4) is 21.0 Å². The van der Waals surface area contributed by atoms with Crippen molar-refractivity contribution in [3.05, 3.63) is 124 Å². The van der Waals surface area contributed by atoms with Crippen LogP contribution in [0.5, 0.6) is 0 Å². The topological polar surface area (TPSA) is 132 Å². The highest BCUT2D eigenvalue weighted by atomic mass is 32.1. The van der Waals surface area contributed by atoms with Crippen molar-refractivity contribution in [2.75, 3.05) is 49.2 Å². The largest absolute Gasteiger partial charge is 0.336 e. The third kappa shape index (κ3) is 8.01. The minimum Gasteiger partial charge on any atom is -0.336 e. The van der Waals surface area contributed by atoms with Crippen LogP contribution in [-0.4, -0.2) is 75.7 Å². The summed E-state index contributed by atoms with van der Waals surface area (Å²) in [4.78, 5) is 59.3. The summed E-state index contributed by atoms with van der Waals surface area (Å²) in [6.45, 7) is 5.13. The fraction of sp³-hybridized carbons (Fsp3) is 0.158. The number of nitrogens with one attached hydrogen (secondary N) is 3. The fourth-order valence-corrected chi connectivity index (χ4v) is 7.29. The number of piperazine rings is 1. The highest BCUT2D eigenvalue weighted by molar-refractivity contribution is 7.22. The molecule has 13 heteroatoms. The quantitative estimate of drug-likeness (QED) is 0.143. The maximum atomic E-state index is 13.3. The first-order valence-electron chi connectivity index (χ1n) is 16.3. The second kappa shape index (κ2) is 15.0. The van der Waals surface area contributed by atoms with Crippen molar-refractivity contribution in [2.45, 2.75) is 6.92 Å². The number of hydrogen-bond donors (Lipinski definition) is 3. The van der Waals surface area contributed by atoms with Crippen LogP contribution in [0.3, 0.4) is 0 Å². The van der Waals surface area contributed by atoms with E-state index in [2.05, 4.69) is 37.9 Å². The number of hydrogen-bond acceptors (Lipinski definition) is 10. The van der Waals surface area contributed by atoms with Gasteiger partial charge in [-0.25, -0.2) is 9.97 Å². The number of aryl methyl sites for hydroxylation is 1. The molecule has 1 fully saturated rings. The van der Waals surface area contributed by atoms with Crippen LogP contribution >= 0.6 is 22.7 Å². The minimum absolute atomic E-state index is 0.0377. The molecule has 0 spiro atoms. The number of thiophene rings is 2. The Kier molecular flexibility index (Phi) is 9.92. The zero-order chi connectivity index (χ0) is 35.3. The van der Waals surface area contributed by atoms with Crippen LogP contribution in [0.25, 0.3) is 21.0 Å². The highest BCUT2D eigenvalue weighted by Gasteiger charge is 2.20. The Balaban J connectivity index is 0.991. The summed E-state index contributed by atoms with van der Waals surface area (Å²) >= 11 is 3.03. The van der Waals surface area contributed by atoms with E-state index in [0.717, 1.165) is 52.7 Å². The summed E-state index contributed by atoms with van der Waals surface area (Å²) in [5, 5.41) is 11.0. The van der Waals surface area contributed by atoms with Crippen LogP contribution < -0.4 is 16.0 Å². The van der Waals surface area contributed by atoms with Gasteiger partial charge in [0.2, 0.25) is 5.95 Å². The molecule has 3 amide bonds. The van der Waals surface area contributed by atoms with Gasteiger partial charge < -0.3 is 25.8 Å². The molecule has 0 atom stereocenters. The third-order valence-electron chi connectivity index (χ3n) is 8.47. The molecule has 1 saturated heterocycles. The lowest BCUT2D eigenvalue weighted by molar-refractivity contribution is 0.0664. The van der Waals surface area contributed by atoms with Crippen molar-refractivity contribution in [2.24, 2.45) is 0 Å². The number of benzene rings is 2. The number of anilines is 4. The number of carbonyl (C=O) groups is 3. The first kappa shape index (κ1) is 33.7. The van der Waals surface area contributed by atoms with Crippen LogP contribution in [-0.2, 0) is 0 Å². The first-order valence-corrected chi connectivity index (χ1v) is 18.0. The molecular formula is C38H34N8O3S2. The Morgan fingerprint density at radius 1 is 0.784 bits per heavy atom. The molecule has 0 unspecified atom stereocenters. The van der Waals surface area contributed by atoms with Crippen molar-refractivity contribution in [1.82, 2.24) is 24.8 Å². The van der Waals surface area contributed by atoms with Crippen molar-refractivity contribution < 1.29 is 14.4 Å². The first-order chi connectivity index (χ1) is 24.8. The average molecular weight is 715 g/mol. The van der Waals surface area contributed by atoms with E-state index < -0.39 is 0 Å². The maximum Gasteiger partial charge on any atom is 0.265 e. The van der Waals surface area contributed by atoms with Gasteiger partial charge in [-0.3, -0.25) is 19.4 Å². The summed E-state index contributed by atoms with van der Waals surface area (Å²) in [7, 11) is 2.06. The van der Waals surface area contributed by atoms with Gasteiger partial charge in [-0.2, -0.15) is 0 Å². The predicted octanol–water partition coefficient (Wildman–Crippen LogP) is 7.27. The Hall–Kier alpha value is -5.76. The number of amides is 3. The van der Waals surface area contributed by atoms with E-state index in [0.29, 0.717) is 39.0 Å². The van der Waals surface area contributed by atoms with Crippen LogP contribution in [0.2, 0.25) is 0 Å². The molecule has 11 nitrogen and oxygen atoms in total. The van der Waals surface area contributed by atoms with Gasteiger partial charge in [0.1, 0.15) is 0 Å². The molecular weight excluding hydrogens is 681 g/mol. The van der Waals surface area contributed by atoms with E-state index in [1.54, 1.807) is 29.7 Å². The molecule has 6 aromatic rings. The minimum atomic E-state index is -0.377. The van der Waals surface area contributed by atoms with Crippen LogP contribution in [0, 0.1) is 6.92 Å². The Bertz CT molecular complexity index is 2190. The summed E-state index contributed by atoms with van der Waals surface area (Å²) < 4.78 is 0. The number of pyridine rings is 1. The van der Waals surface area contributed by atoms with Gasteiger partial charge in [0.15, 0.2) is 0 Å². The molecule has 5 heterocycles. The van der Waals surface area contributed by atoms with Gasteiger partial charge in [-0.05, 0) is 79.5 Å². The van der Waals surface area contributed by atoms with Gasteiger partial charge in [-0.1, -0.05) is 24.3 Å². The summed E-state index contributed by atoms with van der Waals surface area (Å²) in [6.07, 6.45) is 4.63. The predicted molar refractivity (Wildman–Crippen MR) is 203 cm³/mol. The highest BCUT2D eigenvalue weighted by Crippen LogP contribution is 2.32.